The van der Waals surface area contributed by atoms with Crippen LogP contribution in [0.5, 0.6) is 5.95 Å². The summed E-state index contributed by atoms with van der Waals surface area (Å²) in [6, 6.07) is 1.69. The molecule has 0 fully saturated rings. The van der Waals surface area contributed by atoms with E-state index >= 15 is 0 Å². The molecule has 0 bridgehead atoms. The monoisotopic (exact) mass is 226 g/mol. The lowest BCUT2D eigenvalue weighted by Gasteiger charge is -1.98. The molecule has 0 radical (unpaired) electrons. The molecule has 90 valence electrons. The molecule has 0 aliphatic carbocycles. The summed E-state index contributed by atoms with van der Waals surface area (Å²) in [4.78, 5) is 11.5. The Morgan fingerprint density at radius 1 is 1.38 bits per heavy atom. The van der Waals surface area contributed by atoms with Crippen molar-refractivity contribution in [3.8, 4) is 5.95 Å². The number of hydrogen-bond acceptors (Lipinski definition) is 4. The number of furan rings is 1. The molecule has 0 saturated carbocycles. The van der Waals surface area contributed by atoms with Gasteiger partial charge in [0.1, 0.15) is 0 Å². The minimum Gasteiger partial charge on any atom is -0.468 e. The number of ether oxygens (including phenoxy) is 2. The van der Waals surface area contributed by atoms with Gasteiger partial charge >= 0.3 is 5.97 Å². The van der Waals surface area contributed by atoms with E-state index in [9.17, 15) is 4.79 Å². The Balaban J connectivity index is 2.77. The number of carbonyl (C=O) groups is 1. The van der Waals surface area contributed by atoms with Crippen molar-refractivity contribution in [2.24, 2.45) is 0 Å². The first-order valence-corrected chi connectivity index (χ1v) is 5.56. The van der Waals surface area contributed by atoms with Gasteiger partial charge in [-0.1, -0.05) is 20.3 Å². The smallest absolute Gasteiger partial charge is 0.374 e. The number of aryl methyl sites for hydroxylation is 1. The molecule has 4 nitrogen and oxygen atoms in total. The second-order valence-electron chi connectivity index (χ2n) is 3.51. The quantitative estimate of drug-likeness (QED) is 0.700. The fourth-order valence-electron chi connectivity index (χ4n) is 1.39. The van der Waals surface area contributed by atoms with E-state index in [4.69, 9.17) is 13.9 Å². The Hall–Kier alpha value is -1.45. The van der Waals surface area contributed by atoms with Gasteiger partial charge in [-0.15, -0.1) is 0 Å². The van der Waals surface area contributed by atoms with E-state index in [0.29, 0.717) is 12.6 Å². The lowest BCUT2D eigenvalue weighted by molar-refractivity contribution is 0.0463. The van der Waals surface area contributed by atoms with Gasteiger partial charge in [0.15, 0.2) is 0 Å². The maximum absolute atomic E-state index is 11.5. The summed E-state index contributed by atoms with van der Waals surface area (Å²) >= 11 is 0. The number of hydrogen-bond donors (Lipinski definition) is 0. The predicted molar refractivity (Wildman–Crippen MR) is 59.8 cm³/mol. The highest BCUT2D eigenvalue weighted by Gasteiger charge is 2.17. The summed E-state index contributed by atoms with van der Waals surface area (Å²) in [5.74, 6) is 0.196. The molecule has 0 aliphatic heterocycles. The average molecular weight is 226 g/mol. The molecule has 0 amide bonds. The fourth-order valence-corrected chi connectivity index (χ4v) is 1.39. The van der Waals surface area contributed by atoms with E-state index in [1.807, 2.05) is 6.92 Å². The molecule has 0 atom stereocenters. The van der Waals surface area contributed by atoms with E-state index in [0.717, 1.165) is 24.8 Å². The number of methoxy groups -OCH3 is 1. The molecule has 4 heteroatoms. The van der Waals surface area contributed by atoms with Crippen molar-refractivity contribution in [1.82, 2.24) is 0 Å². The van der Waals surface area contributed by atoms with Gasteiger partial charge in [0.2, 0.25) is 5.76 Å². The van der Waals surface area contributed by atoms with Crippen LogP contribution in [0.25, 0.3) is 0 Å². The van der Waals surface area contributed by atoms with Crippen molar-refractivity contribution in [2.75, 3.05) is 13.7 Å². The summed E-state index contributed by atoms with van der Waals surface area (Å²) in [6.07, 6.45) is 2.60. The standard InChI is InChI=1S/C12H18O4/c1-4-6-9-8-10(16-12(9)14-3)11(13)15-7-5-2/h8H,4-7H2,1-3H3. The summed E-state index contributed by atoms with van der Waals surface area (Å²) in [7, 11) is 1.53. The SMILES string of the molecule is CCCOC(=O)c1cc(CCC)c(OC)o1. The van der Waals surface area contributed by atoms with Crippen LogP contribution < -0.4 is 4.74 Å². The van der Waals surface area contributed by atoms with Crippen molar-refractivity contribution < 1.29 is 18.7 Å². The Morgan fingerprint density at radius 3 is 2.69 bits per heavy atom. The van der Waals surface area contributed by atoms with Crippen molar-refractivity contribution in [2.45, 2.75) is 33.1 Å². The highest BCUT2D eigenvalue weighted by molar-refractivity contribution is 5.86. The molecular weight excluding hydrogens is 208 g/mol. The van der Waals surface area contributed by atoms with Crippen molar-refractivity contribution in [3.05, 3.63) is 17.4 Å². The Kier molecular flexibility index (Phi) is 4.89. The molecule has 1 aromatic rings. The minimum absolute atomic E-state index is 0.216. The fraction of sp³-hybridized carbons (Fsp3) is 0.583. The topological polar surface area (TPSA) is 48.7 Å². The average Bonchev–Trinajstić information content (AvgIpc) is 2.69. The normalized spacial score (nSPS) is 10.2. The highest BCUT2D eigenvalue weighted by atomic mass is 16.6. The van der Waals surface area contributed by atoms with Crippen LogP contribution in [0.1, 0.15) is 42.8 Å². The molecule has 16 heavy (non-hydrogen) atoms. The number of rotatable bonds is 6. The third kappa shape index (κ3) is 3.02. The first kappa shape index (κ1) is 12.6. The predicted octanol–water partition coefficient (Wildman–Crippen LogP) is 2.81. The molecule has 1 heterocycles. The van der Waals surface area contributed by atoms with Crippen LogP contribution in [-0.2, 0) is 11.2 Å². The van der Waals surface area contributed by atoms with E-state index in [1.54, 1.807) is 6.07 Å². The highest BCUT2D eigenvalue weighted by Crippen LogP contribution is 2.25. The van der Waals surface area contributed by atoms with Crippen LogP contribution in [-0.4, -0.2) is 19.7 Å². The first-order chi connectivity index (χ1) is 7.72. The summed E-state index contributed by atoms with van der Waals surface area (Å²) in [6.45, 7) is 4.41. The second-order valence-corrected chi connectivity index (χ2v) is 3.51. The minimum atomic E-state index is -0.428. The maximum atomic E-state index is 11.5. The summed E-state index contributed by atoms with van der Waals surface area (Å²) < 4.78 is 15.3. The molecule has 0 saturated heterocycles. The summed E-state index contributed by atoms with van der Waals surface area (Å²) in [5.41, 5.74) is 0.911. The van der Waals surface area contributed by atoms with Gasteiger partial charge in [0.25, 0.3) is 5.95 Å². The molecule has 0 aliphatic rings. The first-order valence-electron chi connectivity index (χ1n) is 5.56. The van der Waals surface area contributed by atoms with E-state index in [-0.39, 0.29) is 5.76 Å². The molecule has 0 aromatic carbocycles. The van der Waals surface area contributed by atoms with Crippen molar-refractivity contribution >= 4 is 5.97 Å². The van der Waals surface area contributed by atoms with Gasteiger partial charge in [-0.3, -0.25) is 0 Å². The Morgan fingerprint density at radius 2 is 2.12 bits per heavy atom. The van der Waals surface area contributed by atoms with E-state index in [2.05, 4.69) is 6.92 Å². The lowest BCUT2D eigenvalue weighted by Crippen LogP contribution is -2.04. The van der Waals surface area contributed by atoms with E-state index < -0.39 is 5.97 Å². The molecule has 1 aromatic heterocycles. The molecule has 0 spiro atoms. The van der Waals surface area contributed by atoms with Gasteiger partial charge in [-0.25, -0.2) is 4.79 Å². The molecule has 0 N–H and O–H groups in total. The lowest BCUT2D eigenvalue weighted by atomic mass is 10.2. The van der Waals surface area contributed by atoms with Gasteiger partial charge < -0.3 is 13.9 Å². The molecule has 0 unspecified atom stereocenters. The zero-order chi connectivity index (χ0) is 12.0. The van der Waals surface area contributed by atoms with Gasteiger partial charge in [-0.2, -0.15) is 0 Å². The maximum Gasteiger partial charge on any atom is 0.374 e. The van der Waals surface area contributed by atoms with E-state index in [1.165, 1.54) is 7.11 Å². The Labute approximate surface area is 95.5 Å². The van der Waals surface area contributed by atoms with Gasteiger partial charge in [0, 0.05) is 5.56 Å². The van der Waals surface area contributed by atoms with Gasteiger partial charge in [-0.05, 0) is 18.9 Å². The van der Waals surface area contributed by atoms with Crippen molar-refractivity contribution in [1.29, 1.82) is 0 Å². The van der Waals surface area contributed by atoms with Gasteiger partial charge in [0.05, 0.1) is 13.7 Å². The van der Waals surface area contributed by atoms with Crippen LogP contribution in [0.3, 0.4) is 0 Å². The zero-order valence-electron chi connectivity index (χ0n) is 10.0. The largest absolute Gasteiger partial charge is 0.468 e. The van der Waals surface area contributed by atoms with Crippen LogP contribution >= 0.6 is 0 Å². The Bertz CT molecular complexity index is 341. The van der Waals surface area contributed by atoms with Crippen LogP contribution in [0.15, 0.2) is 10.5 Å². The van der Waals surface area contributed by atoms with Crippen LogP contribution in [0, 0.1) is 0 Å². The second kappa shape index (κ2) is 6.20. The van der Waals surface area contributed by atoms with Crippen LogP contribution in [0.4, 0.5) is 0 Å². The summed E-state index contributed by atoms with van der Waals surface area (Å²) in [5, 5.41) is 0. The number of carbonyl (C=O) groups excluding carboxylic acids is 1. The third-order valence-electron chi connectivity index (χ3n) is 2.11. The molecule has 1 rings (SSSR count). The molecular formula is C12H18O4. The third-order valence-corrected chi connectivity index (χ3v) is 2.11. The zero-order valence-corrected chi connectivity index (χ0v) is 10.0. The van der Waals surface area contributed by atoms with Crippen LogP contribution in [0.2, 0.25) is 0 Å². The van der Waals surface area contributed by atoms with Crippen molar-refractivity contribution in [3.63, 3.8) is 0 Å². The number of esters is 1.